The second-order valence-electron chi connectivity index (χ2n) is 10.9. The van der Waals surface area contributed by atoms with E-state index < -0.39 is 0 Å². The van der Waals surface area contributed by atoms with Gasteiger partial charge in [0, 0.05) is 5.41 Å². The Balaban J connectivity index is 1.48. The van der Waals surface area contributed by atoms with E-state index in [1.54, 1.807) is 16.7 Å². The Labute approximate surface area is 185 Å². The van der Waals surface area contributed by atoms with Gasteiger partial charge in [-0.25, -0.2) is 0 Å². The van der Waals surface area contributed by atoms with E-state index in [0.29, 0.717) is 0 Å². The summed E-state index contributed by atoms with van der Waals surface area (Å²) in [6.07, 6.45) is 30.4. The quantitative estimate of drug-likeness (QED) is 0.471. The van der Waals surface area contributed by atoms with Crippen molar-refractivity contribution >= 4 is 0 Å². The third kappa shape index (κ3) is 4.21. The lowest BCUT2D eigenvalue weighted by Crippen LogP contribution is -2.37. The van der Waals surface area contributed by atoms with E-state index in [-0.39, 0.29) is 5.41 Å². The van der Waals surface area contributed by atoms with Crippen molar-refractivity contribution in [3.05, 3.63) is 59.2 Å². The minimum Gasteiger partial charge on any atom is -0.0733 e. The van der Waals surface area contributed by atoms with Crippen LogP contribution in [0.3, 0.4) is 0 Å². The number of benzene rings is 1. The lowest BCUT2D eigenvalue weighted by Gasteiger charge is -2.45. The Kier molecular flexibility index (Phi) is 6.49. The largest absolute Gasteiger partial charge is 0.0733 e. The SMILES string of the molecule is C1=CC(c2cccc(C3CCCCC3)c2)(C2CCCCC2)CC(C2CCCCC2)=C1. The molecule has 1 aromatic carbocycles. The highest BCUT2D eigenvalue weighted by Gasteiger charge is 2.41. The minimum absolute atomic E-state index is 0.257. The summed E-state index contributed by atoms with van der Waals surface area (Å²) in [7, 11) is 0. The van der Waals surface area contributed by atoms with Crippen LogP contribution in [-0.2, 0) is 5.41 Å². The van der Waals surface area contributed by atoms with Crippen molar-refractivity contribution in [2.24, 2.45) is 11.8 Å². The van der Waals surface area contributed by atoms with Gasteiger partial charge in [0.15, 0.2) is 0 Å². The molecule has 4 aliphatic carbocycles. The van der Waals surface area contributed by atoms with Gasteiger partial charge in [-0.3, -0.25) is 0 Å². The topological polar surface area (TPSA) is 0 Å². The monoisotopic (exact) mass is 402 g/mol. The molecule has 0 aliphatic heterocycles. The van der Waals surface area contributed by atoms with Crippen LogP contribution in [0.2, 0.25) is 0 Å². The average Bonchev–Trinajstić information content (AvgIpc) is 2.86. The zero-order chi connectivity index (χ0) is 20.2. The molecule has 1 unspecified atom stereocenters. The van der Waals surface area contributed by atoms with Crippen LogP contribution in [0.4, 0.5) is 0 Å². The van der Waals surface area contributed by atoms with Crippen molar-refractivity contribution in [2.45, 2.75) is 114 Å². The molecule has 0 heteroatoms. The summed E-state index contributed by atoms with van der Waals surface area (Å²) in [4.78, 5) is 0. The van der Waals surface area contributed by atoms with Crippen molar-refractivity contribution in [2.75, 3.05) is 0 Å². The van der Waals surface area contributed by atoms with Crippen LogP contribution >= 0.6 is 0 Å². The fourth-order valence-corrected chi connectivity index (χ4v) is 7.40. The summed E-state index contributed by atoms with van der Waals surface area (Å²) in [5.41, 5.74) is 5.33. The van der Waals surface area contributed by atoms with Crippen molar-refractivity contribution in [1.82, 2.24) is 0 Å². The van der Waals surface area contributed by atoms with Crippen LogP contribution in [0, 0.1) is 11.8 Å². The van der Waals surface area contributed by atoms with Crippen LogP contribution in [-0.4, -0.2) is 0 Å². The molecular weight excluding hydrogens is 360 g/mol. The third-order valence-corrected chi connectivity index (χ3v) is 9.16. The molecule has 0 N–H and O–H groups in total. The van der Waals surface area contributed by atoms with Gasteiger partial charge in [-0.1, -0.05) is 106 Å². The summed E-state index contributed by atoms with van der Waals surface area (Å²) < 4.78 is 0. The number of hydrogen-bond donors (Lipinski definition) is 0. The molecule has 1 aromatic rings. The summed E-state index contributed by atoms with van der Waals surface area (Å²) in [6, 6.07) is 10.0. The van der Waals surface area contributed by atoms with Gasteiger partial charge in [-0.15, -0.1) is 0 Å². The van der Waals surface area contributed by atoms with E-state index in [9.17, 15) is 0 Å². The van der Waals surface area contributed by atoms with Crippen LogP contribution in [0.1, 0.15) is 120 Å². The van der Waals surface area contributed by atoms with Crippen molar-refractivity contribution in [3.8, 4) is 0 Å². The molecule has 0 spiro atoms. The minimum atomic E-state index is 0.257. The first-order valence-corrected chi connectivity index (χ1v) is 13.3. The standard InChI is InChI=1S/C30H42/c1-4-12-24(13-5-1)26-16-10-20-29(22-26)30(28-18-8-3-9-19-28)21-11-17-27(23-30)25-14-6-2-7-15-25/h10-11,16-17,20-22,24-25,28H,1-9,12-15,18-19,23H2. The highest BCUT2D eigenvalue weighted by atomic mass is 14.4. The van der Waals surface area contributed by atoms with Gasteiger partial charge in [0.1, 0.15) is 0 Å². The summed E-state index contributed by atoms with van der Waals surface area (Å²) >= 11 is 0. The first kappa shape index (κ1) is 20.6. The van der Waals surface area contributed by atoms with Crippen molar-refractivity contribution in [3.63, 3.8) is 0 Å². The lowest BCUT2D eigenvalue weighted by molar-refractivity contribution is 0.233. The van der Waals surface area contributed by atoms with Gasteiger partial charge >= 0.3 is 0 Å². The van der Waals surface area contributed by atoms with E-state index in [1.165, 1.54) is 103 Å². The molecule has 0 amide bonds. The molecule has 3 fully saturated rings. The summed E-state index contributed by atoms with van der Waals surface area (Å²) in [6.45, 7) is 0. The van der Waals surface area contributed by atoms with Gasteiger partial charge in [0.05, 0.1) is 0 Å². The predicted octanol–water partition coefficient (Wildman–Crippen LogP) is 9.02. The maximum Gasteiger partial charge on any atom is 0.0200 e. The molecule has 0 radical (unpaired) electrons. The van der Waals surface area contributed by atoms with Crippen LogP contribution in [0.5, 0.6) is 0 Å². The smallest absolute Gasteiger partial charge is 0.0200 e. The Morgan fingerprint density at radius 1 is 0.667 bits per heavy atom. The van der Waals surface area contributed by atoms with Gasteiger partial charge in [-0.2, -0.15) is 0 Å². The lowest BCUT2D eigenvalue weighted by atomic mass is 9.59. The van der Waals surface area contributed by atoms with Crippen molar-refractivity contribution < 1.29 is 0 Å². The van der Waals surface area contributed by atoms with E-state index in [1.807, 2.05) is 0 Å². The number of rotatable bonds is 4. The van der Waals surface area contributed by atoms with Gasteiger partial charge in [-0.05, 0) is 73.8 Å². The highest BCUT2D eigenvalue weighted by molar-refractivity contribution is 5.42. The summed E-state index contributed by atoms with van der Waals surface area (Å²) in [5, 5.41) is 0. The van der Waals surface area contributed by atoms with E-state index in [4.69, 9.17) is 0 Å². The Morgan fingerprint density at radius 3 is 2.00 bits per heavy atom. The molecule has 0 aromatic heterocycles. The molecule has 4 aliphatic rings. The first-order chi connectivity index (χ1) is 14.9. The van der Waals surface area contributed by atoms with Crippen LogP contribution < -0.4 is 0 Å². The zero-order valence-electron chi connectivity index (χ0n) is 19.1. The summed E-state index contributed by atoms with van der Waals surface area (Å²) in [5.74, 6) is 2.49. The van der Waals surface area contributed by atoms with E-state index in [0.717, 1.165) is 17.8 Å². The Hall–Kier alpha value is -1.30. The van der Waals surface area contributed by atoms with Crippen LogP contribution in [0.25, 0.3) is 0 Å². The highest BCUT2D eigenvalue weighted by Crippen LogP contribution is 2.50. The molecule has 3 saturated carbocycles. The fraction of sp³-hybridized carbons (Fsp3) is 0.667. The number of hydrogen-bond acceptors (Lipinski definition) is 0. The van der Waals surface area contributed by atoms with Gasteiger partial charge in [0.2, 0.25) is 0 Å². The van der Waals surface area contributed by atoms with Gasteiger partial charge < -0.3 is 0 Å². The first-order valence-electron chi connectivity index (χ1n) is 13.3. The number of allylic oxidation sites excluding steroid dienone is 4. The average molecular weight is 403 g/mol. The zero-order valence-corrected chi connectivity index (χ0v) is 19.1. The normalized spacial score (nSPS) is 29.7. The van der Waals surface area contributed by atoms with Gasteiger partial charge in [0.25, 0.3) is 0 Å². The predicted molar refractivity (Wildman–Crippen MR) is 129 cm³/mol. The molecule has 30 heavy (non-hydrogen) atoms. The molecule has 5 rings (SSSR count). The molecular formula is C30H42. The molecule has 1 atom stereocenters. The second-order valence-corrected chi connectivity index (χ2v) is 10.9. The van der Waals surface area contributed by atoms with E-state index >= 15 is 0 Å². The molecule has 162 valence electrons. The second kappa shape index (κ2) is 9.46. The molecule has 0 saturated heterocycles. The molecule has 0 heterocycles. The molecule has 0 nitrogen and oxygen atoms in total. The maximum absolute atomic E-state index is 2.67. The third-order valence-electron chi connectivity index (χ3n) is 9.16. The Bertz CT molecular complexity index is 750. The fourth-order valence-electron chi connectivity index (χ4n) is 7.40. The van der Waals surface area contributed by atoms with Crippen LogP contribution in [0.15, 0.2) is 48.1 Å². The van der Waals surface area contributed by atoms with E-state index in [2.05, 4.69) is 42.5 Å². The van der Waals surface area contributed by atoms with Crippen molar-refractivity contribution in [1.29, 1.82) is 0 Å². The molecule has 0 bridgehead atoms. The maximum atomic E-state index is 2.67. The Morgan fingerprint density at radius 2 is 1.30 bits per heavy atom.